The van der Waals surface area contributed by atoms with Crippen LogP contribution in [0.5, 0.6) is 0 Å². The summed E-state index contributed by atoms with van der Waals surface area (Å²) in [6.45, 7) is 0. The largest absolute Gasteiger partial charge is 0.433 e. The fourth-order valence-corrected chi connectivity index (χ4v) is 1.73. The van der Waals surface area contributed by atoms with Crippen molar-refractivity contribution in [3.05, 3.63) is 69.0 Å². The maximum absolute atomic E-state index is 12.3. The number of benzene rings is 1. The fraction of sp³-hybridized carbons (Fsp3) is 0. The lowest BCUT2D eigenvalue weighted by Gasteiger charge is -2.00. The van der Waals surface area contributed by atoms with Crippen LogP contribution >= 0.6 is 0 Å². The van der Waals surface area contributed by atoms with Gasteiger partial charge in [0.05, 0.1) is 17.7 Å². The normalized spacial score (nSPS) is 10.5. The summed E-state index contributed by atoms with van der Waals surface area (Å²) >= 11 is 0. The molecule has 0 unspecified atom stereocenters. The zero-order valence-corrected chi connectivity index (χ0v) is 11.0. The molecular formula is C15H7N3O4. The van der Waals surface area contributed by atoms with Gasteiger partial charge in [-0.3, -0.25) is 14.9 Å². The van der Waals surface area contributed by atoms with E-state index >= 15 is 0 Å². The average Bonchev–Trinajstić information content (AvgIpc) is 3.00. The zero-order valence-electron chi connectivity index (χ0n) is 11.0. The summed E-state index contributed by atoms with van der Waals surface area (Å²) in [4.78, 5) is 22.1. The molecule has 7 nitrogen and oxygen atoms in total. The van der Waals surface area contributed by atoms with Gasteiger partial charge in [-0.05, 0) is 18.2 Å². The number of nitrogens with zero attached hydrogens (tertiary/aromatic N) is 3. The van der Waals surface area contributed by atoms with Crippen molar-refractivity contribution < 1.29 is 14.1 Å². The van der Waals surface area contributed by atoms with Crippen molar-refractivity contribution in [2.24, 2.45) is 0 Å². The van der Waals surface area contributed by atoms with Gasteiger partial charge in [0, 0.05) is 11.6 Å². The number of hydrogen-bond donors (Lipinski definition) is 0. The lowest BCUT2D eigenvalue weighted by atomic mass is 9.99. The SMILES string of the molecule is N#CC(=Cc1ccc([N+](=O)[O-])o1)C(=O)c1ccccc1C#N. The molecule has 2 rings (SSSR count). The minimum atomic E-state index is -0.726. The van der Waals surface area contributed by atoms with E-state index in [0.717, 1.165) is 12.1 Å². The molecule has 0 spiro atoms. The highest BCUT2D eigenvalue weighted by Gasteiger charge is 2.17. The highest BCUT2D eigenvalue weighted by atomic mass is 16.6. The Morgan fingerprint density at radius 2 is 1.95 bits per heavy atom. The maximum atomic E-state index is 12.3. The molecule has 0 saturated carbocycles. The van der Waals surface area contributed by atoms with Crippen molar-refractivity contribution in [1.82, 2.24) is 0 Å². The summed E-state index contributed by atoms with van der Waals surface area (Å²) in [5, 5.41) is 28.6. The monoisotopic (exact) mass is 293 g/mol. The Labute approximate surface area is 124 Å². The minimum Gasteiger partial charge on any atom is -0.401 e. The molecule has 2 aromatic rings. The molecule has 1 heterocycles. The van der Waals surface area contributed by atoms with Crippen LogP contribution in [0.3, 0.4) is 0 Å². The number of hydrogen-bond acceptors (Lipinski definition) is 6. The first-order valence-electron chi connectivity index (χ1n) is 5.96. The van der Waals surface area contributed by atoms with Crippen LogP contribution in [0.15, 0.2) is 46.4 Å². The zero-order chi connectivity index (χ0) is 16.1. The highest BCUT2D eigenvalue weighted by Crippen LogP contribution is 2.20. The third-order valence-corrected chi connectivity index (χ3v) is 2.74. The molecule has 0 atom stereocenters. The number of carbonyl (C=O) groups is 1. The number of Topliss-reactive ketones (excluding diaryl/α,β-unsaturated/α-hetero) is 1. The smallest absolute Gasteiger partial charge is 0.401 e. The molecule has 0 aliphatic heterocycles. The van der Waals surface area contributed by atoms with Crippen molar-refractivity contribution >= 4 is 17.7 Å². The van der Waals surface area contributed by atoms with E-state index in [1.165, 1.54) is 18.2 Å². The number of rotatable bonds is 4. The van der Waals surface area contributed by atoms with Crippen molar-refractivity contribution in [2.75, 3.05) is 0 Å². The van der Waals surface area contributed by atoms with Gasteiger partial charge in [-0.2, -0.15) is 10.5 Å². The van der Waals surface area contributed by atoms with Gasteiger partial charge in [0.2, 0.25) is 5.78 Å². The standard InChI is InChI=1S/C15H7N3O4/c16-8-10-3-1-2-4-13(10)15(19)11(9-17)7-12-5-6-14(22-12)18(20)21/h1-7H. The Morgan fingerprint density at radius 1 is 1.23 bits per heavy atom. The van der Waals surface area contributed by atoms with E-state index in [4.69, 9.17) is 14.9 Å². The number of allylic oxidation sites excluding steroid dienone is 1. The van der Waals surface area contributed by atoms with E-state index in [-0.39, 0.29) is 22.5 Å². The van der Waals surface area contributed by atoms with Gasteiger partial charge in [-0.1, -0.05) is 12.1 Å². The van der Waals surface area contributed by atoms with E-state index < -0.39 is 16.6 Å². The third-order valence-electron chi connectivity index (χ3n) is 2.74. The second-order valence-electron chi connectivity index (χ2n) is 4.09. The lowest BCUT2D eigenvalue weighted by molar-refractivity contribution is -0.402. The summed E-state index contributed by atoms with van der Waals surface area (Å²) in [5.74, 6) is -1.14. The maximum Gasteiger partial charge on any atom is 0.433 e. The molecule has 0 amide bonds. The lowest BCUT2D eigenvalue weighted by Crippen LogP contribution is -2.04. The third kappa shape index (κ3) is 2.89. The summed E-state index contributed by atoms with van der Waals surface area (Å²) < 4.78 is 4.88. The number of nitriles is 2. The van der Waals surface area contributed by atoms with Gasteiger partial charge >= 0.3 is 5.88 Å². The predicted octanol–water partition coefficient (Wildman–Crippen LogP) is 2.85. The Kier molecular flexibility index (Phi) is 4.11. The summed E-state index contributed by atoms with van der Waals surface area (Å²) in [5.41, 5.74) is -0.0649. The van der Waals surface area contributed by atoms with E-state index in [1.807, 2.05) is 6.07 Å². The van der Waals surface area contributed by atoms with Crippen LogP contribution in [0, 0.1) is 32.8 Å². The number of carbonyl (C=O) groups excluding carboxylic acids is 1. The van der Waals surface area contributed by atoms with Crippen molar-refractivity contribution in [2.45, 2.75) is 0 Å². The van der Waals surface area contributed by atoms with Crippen molar-refractivity contribution in [3.63, 3.8) is 0 Å². The molecule has 22 heavy (non-hydrogen) atoms. The van der Waals surface area contributed by atoms with Crippen LogP contribution in [0.1, 0.15) is 21.7 Å². The van der Waals surface area contributed by atoms with Gasteiger partial charge in [-0.15, -0.1) is 0 Å². The minimum absolute atomic E-state index is 0.00559. The Bertz CT molecular complexity index is 865. The van der Waals surface area contributed by atoms with Crippen molar-refractivity contribution in [3.8, 4) is 12.1 Å². The van der Waals surface area contributed by atoms with Crippen LogP contribution in [-0.4, -0.2) is 10.7 Å². The van der Waals surface area contributed by atoms with Crippen molar-refractivity contribution in [1.29, 1.82) is 10.5 Å². The Morgan fingerprint density at radius 3 is 2.55 bits per heavy atom. The van der Waals surface area contributed by atoms with E-state index in [2.05, 4.69) is 0 Å². The molecule has 1 aromatic carbocycles. The second-order valence-corrected chi connectivity index (χ2v) is 4.09. The van der Waals surface area contributed by atoms with Gasteiger partial charge < -0.3 is 4.42 Å². The predicted molar refractivity (Wildman–Crippen MR) is 74.4 cm³/mol. The van der Waals surface area contributed by atoms with Crippen LogP contribution in [0.25, 0.3) is 6.08 Å². The molecule has 106 valence electrons. The molecule has 0 radical (unpaired) electrons. The van der Waals surface area contributed by atoms with Crippen LogP contribution in [0.4, 0.5) is 5.88 Å². The first kappa shape index (κ1) is 14.7. The number of nitro groups is 1. The van der Waals surface area contributed by atoms with E-state index in [1.54, 1.807) is 18.2 Å². The quantitative estimate of drug-likeness (QED) is 0.281. The Balaban J connectivity index is 2.41. The van der Waals surface area contributed by atoms with Crippen LogP contribution in [0.2, 0.25) is 0 Å². The summed E-state index contributed by atoms with van der Waals surface area (Å²) in [6.07, 6.45) is 1.10. The molecule has 0 aliphatic carbocycles. The average molecular weight is 293 g/mol. The fourth-order valence-electron chi connectivity index (χ4n) is 1.73. The molecule has 0 saturated heterocycles. The molecule has 0 bridgehead atoms. The number of furan rings is 1. The molecular weight excluding hydrogens is 286 g/mol. The van der Waals surface area contributed by atoms with E-state index in [9.17, 15) is 14.9 Å². The van der Waals surface area contributed by atoms with Gasteiger partial charge in [-0.25, -0.2) is 0 Å². The molecule has 1 aromatic heterocycles. The van der Waals surface area contributed by atoms with Crippen LogP contribution < -0.4 is 0 Å². The molecule has 7 heteroatoms. The van der Waals surface area contributed by atoms with Gasteiger partial charge in [0.15, 0.2) is 0 Å². The number of ketones is 1. The van der Waals surface area contributed by atoms with E-state index in [0.29, 0.717) is 0 Å². The first-order valence-corrected chi connectivity index (χ1v) is 5.96. The van der Waals surface area contributed by atoms with Crippen LogP contribution in [-0.2, 0) is 0 Å². The first-order chi connectivity index (χ1) is 10.6. The second kappa shape index (κ2) is 6.16. The molecule has 0 fully saturated rings. The Hall–Kier alpha value is -3.71. The summed E-state index contributed by atoms with van der Waals surface area (Å²) in [6, 6.07) is 12.0. The topological polar surface area (TPSA) is 121 Å². The molecule has 0 N–H and O–H groups in total. The van der Waals surface area contributed by atoms with Gasteiger partial charge in [0.25, 0.3) is 0 Å². The summed E-state index contributed by atoms with van der Waals surface area (Å²) in [7, 11) is 0. The van der Waals surface area contributed by atoms with Gasteiger partial charge in [0.1, 0.15) is 22.3 Å². The molecule has 0 aliphatic rings. The highest BCUT2D eigenvalue weighted by molar-refractivity contribution is 6.15.